The molecule has 2 aliphatic heterocycles. The predicted molar refractivity (Wildman–Crippen MR) is 112 cm³/mol. The van der Waals surface area contributed by atoms with E-state index in [0.717, 1.165) is 30.7 Å². The molecule has 0 radical (unpaired) electrons. The molecule has 1 aliphatic carbocycles. The van der Waals surface area contributed by atoms with Crippen molar-refractivity contribution in [2.24, 2.45) is 5.73 Å². The molecule has 0 spiro atoms. The van der Waals surface area contributed by atoms with Crippen LogP contribution < -0.4 is 16.5 Å². The second-order valence-corrected chi connectivity index (χ2v) is 8.85. The van der Waals surface area contributed by atoms with Crippen molar-refractivity contribution in [3.05, 3.63) is 53.4 Å². The first-order chi connectivity index (χ1) is 15.8. The summed E-state index contributed by atoms with van der Waals surface area (Å²) in [5.74, 6) is -1.44. The number of alkyl halides is 3. The highest BCUT2D eigenvalue weighted by Gasteiger charge is 2.58. The van der Waals surface area contributed by atoms with Crippen LogP contribution in [0.5, 0.6) is 0 Å². The van der Waals surface area contributed by atoms with Crippen LogP contribution in [0.4, 0.5) is 13.2 Å². The number of benzene rings is 1. The van der Waals surface area contributed by atoms with Crippen molar-refractivity contribution in [2.45, 2.75) is 68.9 Å². The SMILES string of the molecule is CC1=C(c2nnc(C3CCCCC3N)o2)C(=O)N2NC(C(F)(F)F)C(c3ccccc3)C2N1. The lowest BCUT2D eigenvalue weighted by molar-refractivity contribution is -0.161. The molecule has 3 aliphatic rings. The monoisotopic (exact) mass is 462 g/mol. The number of fused-ring (bicyclic) bond motifs is 1. The maximum absolute atomic E-state index is 13.9. The smallest absolute Gasteiger partial charge is 0.406 e. The van der Waals surface area contributed by atoms with Gasteiger partial charge in [-0.25, -0.2) is 10.4 Å². The first-order valence-corrected chi connectivity index (χ1v) is 11.0. The zero-order valence-electron chi connectivity index (χ0n) is 18.0. The Balaban J connectivity index is 1.48. The molecular formula is C22H25F3N6O2. The van der Waals surface area contributed by atoms with Crippen LogP contribution in [0.25, 0.3) is 5.57 Å². The molecule has 2 fully saturated rings. The van der Waals surface area contributed by atoms with Gasteiger partial charge in [0.2, 0.25) is 5.89 Å². The van der Waals surface area contributed by atoms with Gasteiger partial charge in [-0.3, -0.25) is 4.79 Å². The van der Waals surface area contributed by atoms with Crippen molar-refractivity contribution in [3.8, 4) is 0 Å². The number of amides is 1. The van der Waals surface area contributed by atoms with Crippen molar-refractivity contribution in [1.82, 2.24) is 25.9 Å². The minimum absolute atomic E-state index is 0.0234. The molecule has 5 atom stereocenters. The van der Waals surface area contributed by atoms with Gasteiger partial charge in [-0.1, -0.05) is 43.2 Å². The molecule has 176 valence electrons. The van der Waals surface area contributed by atoms with Gasteiger partial charge in [-0.05, 0) is 25.3 Å². The molecule has 8 nitrogen and oxygen atoms in total. The summed E-state index contributed by atoms with van der Waals surface area (Å²) in [6, 6.07) is 6.32. The van der Waals surface area contributed by atoms with E-state index in [0.29, 0.717) is 17.2 Å². The number of hydrazine groups is 1. The average Bonchev–Trinajstić information content (AvgIpc) is 3.40. The van der Waals surface area contributed by atoms with Crippen LogP contribution in [0.2, 0.25) is 0 Å². The van der Waals surface area contributed by atoms with Gasteiger partial charge in [-0.2, -0.15) is 13.2 Å². The number of carbonyl (C=O) groups excluding carboxylic acids is 1. The first kappa shape index (κ1) is 21.9. The van der Waals surface area contributed by atoms with Gasteiger partial charge in [-0.15, -0.1) is 10.2 Å². The number of hydrogen-bond acceptors (Lipinski definition) is 7. The van der Waals surface area contributed by atoms with E-state index in [1.807, 2.05) is 0 Å². The Kier molecular flexibility index (Phi) is 5.40. The molecule has 33 heavy (non-hydrogen) atoms. The Bertz CT molecular complexity index is 1070. The third-order valence-corrected chi connectivity index (χ3v) is 6.76. The van der Waals surface area contributed by atoms with E-state index >= 15 is 0 Å². The molecule has 1 amide bonds. The van der Waals surface area contributed by atoms with Crippen LogP contribution >= 0.6 is 0 Å². The van der Waals surface area contributed by atoms with Crippen molar-refractivity contribution in [2.75, 3.05) is 0 Å². The van der Waals surface area contributed by atoms with E-state index in [2.05, 4.69) is 20.9 Å². The van der Waals surface area contributed by atoms with Crippen LogP contribution in [0.3, 0.4) is 0 Å². The van der Waals surface area contributed by atoms with E-state index in [-0.39, 0.29) is 23.4 Å². The third kappa shape index (κ3) is 3.78. The standard InChI is InChI=1S/C22H25F3N6O2/c1-11-15(20-29-28-19(33-20)13-9-5-6-10-14(13)26)21(32)31-18(27-11)16(12-7-3-2-4-8-12)17(30-31)22(23,24)25/h2-4,7-8,13-14,16-18,27,30H,5-6,9-10,26H2,1H3. The van der Waals surface area contributed by atoms with Crippen molar-refractivity contribution >= 4 is 11.5 Å². The number of aromatic nitrogens is 2. The number of carbonyl (C=O) groups is 1. The van der Waals surface area contributed by atoms with Gasteiger partial charge >= 0.3 is 6.18 Å². The second kappa shape index (κ2) is 8.14. The highest BCUT2D eigenvalue weighted by atomic mass is 19.4. The Morgan fingerprint density at radius 1 is 1.15 bits per heavy atom. The Labute approximate surface area is 188 Å². The fourth-order valence-electron chi connectivity index (χ4n) is 5.10. The average molecular weight is 462 g/mol. The molecule has 1 aromatic carbocycles. The minimum Gasteiger partial charge on any atom is -0.420 e. The lowest BCUT2D eigenvalue weighted by Gasteiger charge is -2.34. The summed E-state index contributed by atoms with van der Waals surface area (Å²) in [5, 5.41) is 12.2. The lowest BCUT2D eigenvalue weighted by atomic mass is 9.85. The molecule has 1 aromatic heterocycles. The second-order valence-electron chi connectivity index (χ2n) is 8.85. The van der Waals surface area contributed by atoms with Gasteiger partial charge in [0.15, 0.2) is 0 Å². The molecular weight excluding hydrogens is 437 g/mol. The van der Waals surface area contributed by atoms with E-state index in [4.69, 9.17) is 10.2 Å². The van der Waals surface area contributed by atoms with E-state index < -0.39 is 30.2 Å². The Morgan fingerprint density at radius 2 is 1.88 bits per heavy atom. The molecule has 4 N–H and O–H groups in total. The zero-order chi connectivity index (χ0) is 23.3. The molecule has 0 bridgehead atoms. The summed E-state index contributed by atoms with van der Waals surface area (Å²) in [6.45, 7) is 1.63. The molecule has 2 aromatic rings. The summed E-state index contributed by atoms with van der Waals surface area (Å²) >= 11 is 0. The quantitative estimate of drug-likeness (QED) is 0.644. The van der Waals surface area contributed by atoms with Gasteiger partial charge < -0.3 is 15.5 Å². The van der Waals surface area contributed by atoms with Crippen molar-refractivity contribution in [1.29, 1.82) is 0 Å². The highest BCUT2D eigenvalue weighted by Crippen LogP contribution is 2.42. The first-order valence-electron chi connectivity index (χ1n) is 11.0. The molecule has 11 heteroatoms. The summed E-state index contributed by atoms with van der Waals surface area (Å²) < 4.78 is 47.6. The summed E-state index contributed by atoms with van der Waals surface area (Å²) in [6.07, 6.45) is -1.79. The molecule has 5 unspecified atom stereocenters. The summed E-state index contributed by atoms with van der Waals surface area (Å²) in [4.78, 5) is 13.4. The van der Waals surface area contributed by atoms with Crippen LogP contribution in [0.15, 0.2) is 40.4 Å². The normalized spacial score (nSPS) is 30.4. The highest BCUT2D eigenvalue weighted by molar-refractivity contribution is 6.19. The van der Waals surface area contributed by atoms with Gasteiger partial charge in [0.25, 0.3) is 11.8 Å². The molecule has 1 saturated heterocycles. The Hall–Kier alpha value is -2.92. The summed E-state index contributed by atoms with van der Waals surface area (Å²) in [7, 11) is 0. The largest absolute Gasteiger partial charge is 0.420 e. The maximum Gasteiger partial charge on any atom is 0.406 e. The van der Waals surface area contributed by atoms with Gasteiger partial charge in [0, 0.05) is 11.7 Å². The molecule has 1 saturated carbocycles. The fourth-order valence-corrected chi connectivity index (χ4v) is 5.10. The van der Waals surface area contributed by atoms with Gasteiger partial charge in [0.05, 0.1) is 11.8 Å². The Morgan fingerprint density at radius 3 is 2.58 bits per heavy atom. The predicted octanol–water partition coefficient (Wildman–Crippen LogP) is 2.78. The minimum atomic E-state index is -4.57. The van der Waals surface area contributed by atoms with Crippen molar-refractivity contribution in [3.63, 3.8) is 0 Å². The number of halogens is 3. The molecule has 5 rings (SSSR count). The molecule has 3 heterocycles. The summed E-state index contributed by atoms with van der Waals surface area (Å²) in [5.41, 5.74) is 9.50. The van der Waals surface area contributed by atoms with E-state index in [1.54, 1.807) is 37.3 Å². The number of nitrogens with two attached hydrogens (primary N) is 1. The van der Waals surface area contributed by atoms with E-state index in [9.17, 15) is 18.0 Å². The van der Waals surface area contributed by atoms with Crippen LogP contribution in [-0.4, -0.2) is 45.5 Å². The van der Waals surface area contributed by atoms with Crippen molar-refractivity contribution < 1.29 is 22.4 Å². The number of allylic oxidation sites excluding steroid dienone is 1. The fraction of sp³-hybridized carbons (Fsp3) is 0.500. The van der Waals surface area contributed by atoms with E-state index in [1.165, 1.54) is 0 Å². The van der Waals surface area contributed by atoms with Crippen LogP contribution in [0.1, 0.15) is 61.8 Å². The number of rotatable bonds is 3. The number of nitrogens with zero attached hydrogens (tertiary/aromatic N) is 3. The lowest BCUT2D eigenvalue weighted by Crippen LogP contribution is -2.54. The maximum atomic E-state index is 13.9. The number of hydrogen-bond donors (Lipinski definition) is 3. The zero-order valence-corrected chi connectivity index (χ0v) is 18.0. The third-order valence-electron chi connectivity index (χ3n) is 6.76. The van der Waals surface area contributed by atoms with Crippen LogP contribution in [0, 0.1) is 0 Å². The van der Waals surface area contributed by atoms with Crippen LogP contribution in [-0.2, 0) is 4.79 Å². The topological polar surface area (TPSA) is 109 Å². The van der Waals surface area contributed by atoms with Gasteiger partial charge in [0.1, 0.15) is 17.8 Å². The number of nitrogens with one attached hydrogen (secondary N) is 2.